The SMILES string of the molecule is COc1cc(NC(=O)C(OC(C)=O)c2cccc(F)c2)ccc1B1OC(C)(C)C(C)(C)O1. The Morgan fingerprint density at radius 1 is 1.06 bits per heavy atom. The van der Waals surface area contributed by atoms with E-state index in [1.807, 2.05) is 27.7 Å². The molecule has 1 amide bonds. The van der Waals surface area contributed by atoms with Gasteiger partial charge in [0.15, 0.2) is 0 Å². The number of halogens is 1. The van der Waals surface area contributed by atoms with Crippen LogP contribution in [0.5, 0.6) is 5.75 Å². The Labute approximate surface area is 187 Å². The van der Waals surface area contributed by atoms with Crippen molar-refractivity contribution < 1.29 is 32.8 Å². The predicted molar refractivity (Wildman–Crippen MR) is 118 cm³/mol. The number of hydrogen-bond acceptors (Lipinski definition) is 6. The number of hydrogen-bond donors (Lipinski definition) is 1. The topological polar surface area (TPSA) is 83.1 Å². The zero-order chi connectivity index (χ0) is 23.7. The predicted octanol–water partition coefficient (Wildman–Crippen LogP) is 3.38. The zero-order valence-electron chi connectivity index (χ0n) is 19.0. The lowest BCUT2D eigenvalue weighted by Gasteiger charge is -2.32. The Morgan fingerprint density at radius 3 is 2.28 bits per heavy atom. The van der Waals surface area contributed by atoms with Crippen LogP contribution in [0.15, 0.2) is 42.5 Å². The summed E-state index contributed by atoms with van der Waals surface area (Å²) in [4.78, 5) is 24.4. The molecule has 0 radical (unpaired) electrons. The molecule has 1 aliphatic heterocycles. The van der Waals surface area contributed by atoms with Gasteiger partial charge in [0.05, 0.1) is 18.3 Å². The number of methoxy groups -OCH3 is 1. The van der Waals surface area contributed by atoms with Gasteiger partial charge in [0.1, 0.15) is 11.6 Å². The fourth-order valence-electron chi connectivity index (χ4n) is 3.27. The molecule has 7 nitrogen and oxygen atoms in total. The number of ether oxygens (including phenoxy) is 2. The zero-order valence-corrected chi connectivity index (χ0v) is 19.0. The van der Waals surface area contributed by atoms with E-state index in [2.05, 4.69) is 5.32 Å². The van der Waals surface area contributed by atoms with Crippen LogP contribution in [0.3, 0.4) is 0 Å². The van der Waals surface area contributed by atoms with Crippen molar-refractivity contribution in [2.45, 2.75) is 51.9 Å². The van der Waals surface area contributed by atoms with E-state index in [1.54, 1.807) is 18.2 Å². The van der Waals surface area contributed by atoms with E-state index < -0.39 is 42.1 Å². The lowest BCUT2D eigenvalue weighted by atomic mass is 9.78. The van der Waals surface area contributed by atoms with Crippen LogP contribution in [0.1, 0.15) is 46.3 Å². The standard InChI is InChI=1S/C23H27BFNO6/c1-14(27)30-20(15-8-7-9-16(25)12-15)21(28)26-17-10-11-18(19(13-17)29-6)24-31-22(2,3)23(4,5)32-24/h7-13,20H,1-6H3,(H,26,28). The van der Waals surface area contributed by atoms with Crippen molar-refractivity contribution in [1.82, 2.24) is 0 Å². The Balaban J connectivity index is 1.84. The summed E-state index contributed by atoms with van der Waals surface area (Å²) in [7, 11) is 0.866. The number of esters is 1. The molecular formula is C23H27BFNO6. The average Bonchev–Trinajstić information content (AvgIpc) is 2.92. The van der Waals surface area contributed by atoms with Crippen molar-refractivity contribution in [3.63, 3.8) is 0 Å². The summed E-state index contributed by atoms with van der Waals surface area (Å²) in [6.45, 7) is 9.00. The minimum Gasteiger partial charge on any atom is -0.497 e. The number of carbonyl (C=O) groups excluding carboxylic acids is 2. The van der Waals surface area contributed by atoms with Crippen LogP contribution in [0.25, 0.3) is 0 Å². The highest BCUT2D eigenvalue weighted by molar-refractivity contribution is 6.63. The van der Waals surface area contributed by atoms with Gasteiger partial charge < -0.3 is 24.1 Å². The third kappa shape index (κ3) is 4.94. The molecule has 0 saturated carbocycles. The molecule has 1 saturated heterocycles. The van der Waals surface area contributed by atoms with E-state index in [0.717, 1.165) is 6.07 Å². The molecule has 0 aliphatic carbocycles. The Kier molecular flexibility index (Phi) is 6.62. The monoisotopic (exact) mass is 443 g/mol. The summed E-state index contributed by atoms with van der Waals surface area (Å²) >= 11 is 0. The highest BCUT2D eigenvalue weighted by Gasteiger charge is 2.52. The molecule has 3 rings (SSSR count). The molecule has 32 heavy (non-hydrogen) atoms. The number of nitrogens with one attached hydrogen (secondary N) is 1. The summed E-state index contributed by atoms with van der Waals surface area (Å²) in [5.74, 6) is -1.38. The summed E-state index contributed by atoms with van der Waals surface area (Å²) in [5.41, 5.74) is 0.264. The Bertz CT molecular complexity index is 1010. The van der Waals surface area contributed by atoms with Gasteiger partial charge in [-0.1, -0.05) is 18.2 Å². The quantitative estimate of drug-likeness (QED) is 0.545. The summed E-state index contributed by atoms with van der Waals surface area (Å²) in [6.07, 6.45) is -1.31. The molecule has 1 atom stereocenters. The maximum absolute atomic E-state index is 13.6. The summed E-state index contributed by atoms with van der Waals surface area (Å²) in [5, 5.41) is 2.69. The number of anilines is 1. The second kappa shape index (κ2) is 8.92. The fourth-order valence-corrected chi connectivity index (χ4v) is 3.27. The van der Waals surface area contributed by atoms with Crippen molar-refractivity contribution in [3.05, 3.63) is 53.8 Å². The maximum Gasteiger partial charge on any atom is 0.498 e. The molecule has 2 aromatic rings. The van der Waals surface area contributed by atoms with Crippen LogP contribution >= 0.6 is 0 Å². The van der Waals surface area contributed by atoms with Gasteiger partial charge in [-0.2, -0.15) is 0 Å². The maximum atomic E-state index is 13.6. The van der Waals surface area contributed by atoms with Gasteiger partial charge in [0.2, 0.25) is 6.10 Å². The lowest BCUT2D eigenvalue weighted by molar-refractivity contribution is -0.152. The van der Waals surface area contributed by atoms with Crippen LogP contribution in [0.4, 0.5) is 10.1 Å². The number of rotatable bonds is 6. The van der Waals surface area contributed by atoms with E-state index in [1.165, 1.54) is 32.2 Å². The van der Waals surface area contributed by atoms with E-state index in [9.17, 15) is 14.0 Å². The van der Waals surface area contributed by atoms with Gasteiger partial charge >= 0.3 is 13.1 Å². The van der Waals surface area contributed by atoms with Crippen molar-refractivity contribution in [3.8, 4) is 5.75 Å². The second-order valence-corrected chi connectivity index (χ2v) is 8.58. The lowest BCUT2D eigenvalue weighted by Crippen LogP contribution is -2.41. The average molecular weight is 443 g/mol. The Morgan fingerprint density at radius 2 is 1.72 bits per heavy atom. The Hall–Kier alpha value is -2.91. The summed E-state index contributed by atoms with van der Waals surface area (Å²) < 4.78 is 36.4. The van der Waals surface area contributed by atoms with Gasteiger partial charge in [0, 0.05) is 29.7 Å². The van der Waals surface area contributed by atoms with E-state index in [4.69, 9.17) is 18.8 Å². The molecule has 1 unspecified atom stereocenters. The fraction of sp³-hybridized carbons (Fsp3) is 0.391. The third-order valence-electron chi connectivity index (χ3n) is 5.68. The smallest absolute Gasteiger partial charge is 0.497 e. The molecule has 170 valence electrons. The molecule has 9 heteroatoms. The molecule has 0 bridgehead atoms. The van der Waals surface area contributed by atoms with Crippen molar-refractivity contribution in [2.75, 3.05) is 12.4 Å². The largest absolute Gasteiger partial charge is 0.498 e. The first-order valence-corrected chi connectivity index (χ1v) is 10.2. The number of benzene rings is 2. The van der Waals surface area contributed by atoms with Gasteiger partial charge in [-0.3, -0.25) is 9.59 Å². The van der Waals surface area contributed by atoms with Crippen LogP contribution in [-0.4, -0.2) is 37.3 Å². The molecule has 1 heterocycles. The first-order chi connectivity index (χ1) is 14.9. The van der Waals surface area contributed by atoms with Crippen molar-refractivity contribution >= 4 is 30.1 Å². The number of amides is 1. The minimum atomic E-state index is -1.31. The first kappa shape index (κ1) is 23.8. The molecular weight excluding hydrogens is 416 g/mol. The number of carbonyl (C=O) groups is 2. The minimum absolute atomic E-state index is 0.221. The highest BCUT2D eigenvalue weighted by Crippen LogP contribution is 2.37. The van der Waals surface area contributed by atoms with Gasteiger partial charge in [-0.05, 0) is 45.9 Å². The molecule has 1 N–H and O–H groups in total. The van der Waals surface area contributed by atoms with E-state index >= 15 is 0 Å². The van der Waals surface area contributed by atoms with Crippen LogP contribution in [0, 0.1) is 5.82 Å². The van der Waals surface area contributed by atoms with Crippen molar-refractivity contribution in [2.24, 2.45) is 0 Å². The van der Waals surface area contributed by atoms with Crippen molar-refractivity contribution in [1.29, 1.82) is 0 Å². The molecule has 1 aliphatic rings. The molecule has 1 fully saturated rings. The third-order valence-corrected chi connectivity index (χ3v) is 5.68. The van der Waals surface area contributed by atoms with E-state index in [0.29, 0.717) is 16.9 Å². The van der Waals surface area contributed by atoms with Crippen LogP contribution < -0.4 is 15.5 Å². The normalized spacial score (nSPS) is 17.5. The molecule has 0 aromatic heterocycles. The van der Waals surface area contributed by atoms with Gasteiger partial charge in [0.25, 0.3) is 5.91 Å². The molecule has 0 spiro atoms. The highest BCUT2D eigenvalue weighted by atomic mass is 19.1. The summed E-state index contributed by atoms with van der Waals surface area (Å²) in [6, 6.07) is 10.4. The van der Waals surface area contributed by atoms with Crippen LogP contribution in [-0.2, 0) is 23.6 Å². The first-order valence-electron chi connectivity index (χ1n) is 10.2. The van der Waals surface area contributed by atoms with Gasteiger partial charge in [-0.15, -0.1) is 0 Å². The second-order valence-electron chi connectivity index (χ2n) is 8.58. The van der Waals surface area contributed by atoms with Gasteiger partial charge in [-0.25, -0.2) is 4.39 Å². The molecule has 2 aromatic carbocycles. The van der Waals surface area contributed by atoms with E-state index in [-0.39, 0.29) is 5.56 Å². The van der Waals surface area contributed by atoms with Crippen LogP contribution in [0.2, 0.25) is 0 Å².